The van der Waals surface area contributed by atoms with E-state index >= 15 is 0 Å². The van der Waals surface area contributed by atoms with Crippen molar-refractivity contribution in [3.63, 3.8) is 0 Å². The summed E-state index contributed by atoms with van der Waals surface area (Å²) in [7, 11) is 1.60. The number of rotatable bonds is 6. The molecule has 2 N–H and O–H groups in total. The Kier molecular flexibility index (Phi) is 5.94. The lowest BCUT2D eigenvalue weighted by Gasteiger charge is -2.41. The molecule has 2 aliphatic heterocycles. The van der Waals surface area contributed by atoms with E-state index in [4.69, 9.17) is 4.74 Å². The fraction of sp³-hybridized carbons (Fsp3) is 0.684. The van der Waals surface area contributed by atoms with Gasteiger partial charge < -0.3 is 14.9 Å². The highest BCUT2D eigenvalue weighted by Gasteiger charge is 2.42. The van der Waals surface area contributed by atoms with E-state index in [2.05, 4.69) is 9.80 Å². The van der Waals surface area contributed by atoms with Gasteiger partial charge in [0.25, 0.3) is 0 Å². The minimum Gasteiger partial charge on any atom is -0.497 e. The zero-order chi connectivity index (χ0) is 17.9. The van der Waals surface area contributed by atoms with Crippen LogP contribution in [0.25, 0.3) is 0 Å². The van der Waals surface area contributed by atoms with Gasteiger partial charge in [-0.2, -0.15) is 0 Å². The summed E-state index contributed by atoms with van der Waals surface area (Å²) in [5, 5.41) is 18.9. The minimum absolute atomic E-state index is 0.00862. The molecule has 0 aromatic heterocycles. The summed E-state index contributed by atoms with van der Waals surface area (Å²) >= 11 is 0. The van der Waals surface area contributed by atoms with E-state index in [9.17, 15) is 14.6 Å². The van der Waals surface area contributed by atoms with Crippen LogP contribution < -0.4 is 4.74 Å². The lowest BCUT2D eigenvalue weighted by atomic mass is 9.79. The van der Waals surface area contributed by atoms with E-state index in [1.54, 1.807) is 19.2 Å². The Labute approximate surface area is 149 Å². The first-order valence-corrected chi connectivity index (χ1v) is 9.10. The summed E-state index contributed by atoms with van der Waals surface area (Å²) in [5.74, 6) is 0.498. The zero-order valence-electron chi connectivity index (χ0n) is 15.0. The maximum Gasteiger partial charge on any atom is 0.127 e. The van der Waals surface area contributed by atoms with E-state index in [1.165, 1.54) is 6.07 Å². The Bertz CT molecular complexity index is 582. The number of piperidine rings is 1. The Morgan fingerprint density at radius 3 is 2.72 bits per heavy atom. The SMILES string of the molecule is COc1ccc(F)c(CN2CCC[C@@]3(CCN(C(CO)CO)C3)C2)c1. The summed E-state index contributed by atoms with van der Waals surface area (Å²) in [5.41, 5.74) is 0.866. The molecule has 2 heterocycles. The fourth-order valence-electron chi connectivity index (χ4n) is 4.39. The van der Waals surface area contributed by atoms with E-state index < -0.39 is 0 Å². The first-order valence-electron chi connectivity index (χ1n) is 9.10. The number of hydrogen-bond donors (Lipinski definition) is 2. The van der Waals surface area contributed by atoms with Gasteiger partial charge in [0, 0.05) is 25.2 Å². The predicted molar refractivity (Wildman–Crippen MR) is 94.0 cm³/mol. The average Bonchev–Trinajstić information content (AvgIpc) is 3.01. The van der Waals surface area contributed by atoms with Crippen LogP contribution in [-0.4, -0.2) is 72.6 Å². The van der Waals surface area contributed by atoms with E-state index in [-0.39, 0.29) is 30.5 Å². The summed E-state index contributed by atoms with van der Waals surface area (Å²) in [4.78, 5) is 4.54. The second-order valence-corrected chi connectivity index (χ2v) is 7.51. The number of aliphatic hydroxyl groups excluding tert-OH is 2. The number of likely N-dealkylation sites (tertiary alicyclic amines) is 2. The van der Waals surface area contributed by atoms with Gasteiger partial charge in [0.05, 0.1) is 26.4 Å². The maximum atomic E-state index is 14.1. The molecular weight excluding hydrogens is 323 g/mol. The molecule has 1 spiro atoms. The molecule has 6 heteroatoms. The van der Waals surface area contributed by atoms with E-state index in [0.717, 1.165) is 45.4 Å². The van der Waals surface area contributed by atoms with Crippen LogP contribution in [0.3, 0.4) is 0 Å². The van der Waals surface area contributed by atoms with Gasteiger partial charge in [0.1, 0.15) is 11.6 Å². The van der Waals surface area contributed by atoms with Crippen LogP contribution in [0.1, 0.15) is 24.8 Å². The highest BCUT2D eigenvalue weighted by atomic mass is 19.1. The van der Waals surface area contributed by atoms with Gasteiger partial charge in [-0.05, 0) is 56.0 Å². The largest absolute Gasteiger partial charge is 0.497 e. The highest BCUT2D eigenvalue weighted by Crippen LogP contribution is 2.40. The standard InChI is InChI=1S/C19H29FN2O3/c1-25-17-3-4-18(20)15(9-17)10-21-7-2-5-19(13-21)6-8-22(14-19)16(11-23)12-24/h3-4,9,16,23-24H,2,5-8,10-14H2,1H3/t19-/m1/s1. The Morgan fingerprint density at radius 2 is 2.00 bits per heavy atom. The third-order valence-electron chi connectivity index (χ3n) is 5.79. The van der Waals surface area contributed by atoms with Gasteiger partial charge in [-0.25, -0.2) is 4.39 Å². The van der Waals surface area contributed by atoms with E-state index in [1.807, 2.05) is 0 Å². The van der Waals surface area contributed by atoms with Crippen molar-refractivity contribution in [3.05, 3.63) is 29.6 Å². The molecule has 2 fully saturated rings. The number of benzene rings is 1. The molecule has 1 aromatic rings. The number of nitrogens with zero attached hydrogens (tertiary/aromatic N) is 2. The molecule has 25 heavy (non-hydrogen) atoms. The quantitative estimate of drug-likeness (QED) is 0.812. The molecule has 0 radical (unpaired) electrons. The molecule has 2 saturated heterocycles. The number of methoxy groups -OCH3 is 1. The van der Waals surface area contributed by atoms with Crippen molar-refractivity contribution in [2.24, 2.45) is 5.41 Å². The second kappa shape index (κ2) is 7.99. The highest BCUT2D eigenvalue weighted by molar-refractivity contribution is 5.29. The second-order valence-electron chi connectivity index (χ2n) is 7.51. The monoisotopic (exact) mass is 352 g/mol. The van der Waals surface area contributed by atoms with Gasteiger partial charge in [-0.15, -0.1) is 0 Å². The van der Waals surface area contributed by atoms with Crippen LogP contribution in [0.15, 0.2) is 18.2 Å². The normalized spacial score (nSPS) is 25.2. The Morgan fingerprint density at radius 1 is 1.20 bits per heavy atom. The third kappa shape index (κ3) is 4.14. The third-order valence-corrected chi connectivity index (χ3v) is 5.79. The molecule has 1 atom stereocenters. The van der Waals surface area contributed by atoms with Crippen LogP contribution in [0.2, 0.25) is 0 Å². The smallest absolute Gasteiger partial charge is 0.127 e. The van der Waals surface area contributed by atoms with Gasteiger partial charge in [-0.3, -0.25) is 9.80 Å². The predicted octanol–water partition coefficient (Wildman–Crippen LogP) is 1.48. The Balaban J connectivity index is 1.66. The molecule has 0 unspecified atom stereocenters. The molecule has 2 aliphatic rings. The zero-order valence-corrected chi connectivity index (χ0v) is 15.0. The first-order chi connectivity index (χ1) is 12.1. The van der Waals surface area contributed by atoms with Gasteiger partial charge >= 0.3 is 0 Å². The van der Waals surface area contributed by atoms with E-state index in [0.29, 0.717) is 17.9 Å². The van der Waals surface area contributed by atoms with Crippen molar-refractivity contribution >= 4 is 0 Å². The van der Waals surface area contributed by atoms with Crippen molar-refractivity contribution in [2.45, 2.75) is 31.8 Å². The minimum atomic E-state index is -0.186. The maximum absolute atomic E-state index is 14.1. The average molecular weight is 352 g/mol. The number of halogens is 1. The van der Waals surface area contributed by atoms with Gasteiger partial charge in [-0.1, -0.05) is 0 Å². The molecule has 3 rings (SSSR count). The van der Waals surface area contributed by atoms with Crippen molar-refractivity contribution in [1.29, 1.82) is 0 Å². The summed E-state index contributed by atoms with van der Waals surface area (Å²) in [6.07, 6.45) is 3.33. The summed E-state index contributed by atoms with van der Waals surface area (Å²) in [6.45, 7) is 4.29. The molecule has 5 nitrogen and oxygen atoms in total. The van der Waals surface area contributed by atoms with Crippen LogP contribution in [0, 0.1) is 11.2 Å². The number of ether oxygens (including phenoxy) is 1. The molecule has 0 bridgehead atoms. The summed E-state index contributed by atoms with van der Waals surface area (Å²) < 4.78 is 19.4. The van der Waals surface area contributed by atoms with Crippen LogP contribution in [0.5, 0.6) is 5.75 Å². The first kappa shape index (κ1) is 18.6. The van der Waals surface area contributed by atoms with Crippen molar-refractivity contribution in [1.82, 2.24) is 9.80 Å². The van der Waals surface area contributed by atoms with Crippen LogP contribution >= 0.6 is 0 Å². The Hall–Kier alpha value is -1.21. The van der Waals surface area contributed by atoms with Crippen LogP contribution in [-0.2, 0) is 6.54 Å². The lowest BCUT2D eigenvalue weighted by molar-refractivity contribution is 0.0553. The molecular formula is C19H29FN2O3. The topological polar surface area (TPSA) is 56.2 Å². The van der Waals surface area contributed by atoms with Gasteiger partial charge in [0.2, 0.25) is 0 Å². The van der Waals surface area contributed by atoms with Crippen molar-refractivity contribution in [3.8, 4) is 5.75 Å². The fourth-order valence-corrected chi connectivity index (χ4v) is 4.39. The molecule has 140 valence electrons. The lowest BCUT2D eigenvalue weighted by Crippen LogP contribution is -2.46. The van der Waals surface area contributed by atoms with Crippen molar-refractivity contribution in [2.75, 3.05) is 46.5 Å². The molecule has 0 saturated carbocycles. The molecule has 1 aromatic carbocycles. The number of hydrogen-bond acceptors (Lipinski definition) is 5. The molecule has 0 amide bonds. The summed E-state index contributed by atoms with van der Waals surface area (Å²) in [6, 6.07) is 4.74. The van der Waals surface area contributed by atoms with Crippen molar-refractivity contribution < 1.29 is 19.3 Å². The van der Waals surface area contributed by atoms with Crippen LogP contribution in [0.4, 0.5) is 4.39 Å². The number of aliphatic hydroxyl groups is 2. The van der Waals surface area contributed by atoms with Gasteiger partial charge in [0.15, 0.2) is 0 Å². The molecule has 0 aliphatic carbocycles.